The van der Waals surface area contributed by atoms with Gasteiger partial charge in [0.2, 0.25) is 7.37 Å². The van der Waals surface area contributed by atoms with Crippen molar-refractivity contribution in [3.63, 3.8) is 0 Å². The van der Waals surface area contributed by atoms with Crippen molar-refractivity contribution in [2.24, 2.45) is 5.92 Å². The van der Waals surface area contributed by atoms with Gasteiger partial charge < -0.3 is 19.7 Å². The van der Waals surface area contributed by atoms with Crippen molar-refractivity contribution in [2.45, 2.75) is 63.9 Å². The van der Waals surface area contributed by atoms with Crippen LogP contribution in [-0.4, -0.2) is 36.1 Å². The Morgan fingerprint density at radius 1 is 1.18 bits per heavy atom. The second-order valence-electron chi connectivity index (χ2n) is 7.58. The highest BCUT2D eigenvalue weighted by Crippen LogP contribution is 2.52. The van der Waals surface area contributed by atoms with E-state index in [2.05, 4.69) is 12.2 Å². The lowest BCUT2D eigenvalue weighted by Crippen LogP contribution is -2.26. The maximum atomic E-state index is 12.7. The fourth-order valence-corrected chi connectivity index (χ4v) is 5.22. The smallest absolute Gasteiger partial charge is 0.407 e. The van der Waals surface area contributed by atoms with Crippen molar-refractivity contribution >= 4 is 13.5 Å². The Labute approximate surface area is 168 Å². The van der Waals surface area contributed by atoms with Gasteiger partial charge in [-0.3, -0.25) is 4.57 Å². The molecule has 0 saturated heterocycles. The van der Waals surface area contributed by atoms with E-state index in [1.165, 1.54) is 0 Å². The molecule has 1 aliphatic carbocycles. The van der Waals surface area contributed by atoms with Gasteiger partial charge in [-0.05, 0) is 63.0 Å². The van der Waals surface area contributed by atoms with Crippen LogP contribution in [0.25, 0.3) is 0 Å². The number of hydrogen-bond acceptors (Lipinski definition) is 4. The molecule has 2 N–H and O–H groups in total. The van der Waals surface area contributed by atoms with Crippen LogP contribution in [0.2, 0.25) is 0 Å². The molecule has 0 spiro atoms. The summed E-state index contributed by atoms with van der Waals surface area (Å²) in [5.41, 5.74) is -0.167. The van der Waals surface area contributed by atoms with Gasteiger partial charge in [0.05, 0.1) is 6.61 Å². The normalized spacial score (nSPS) is 21.5. The van der Waals surface area contributed by atoms with Gasteiger partial charge in [0.25, 0.3) is 0 Å². The van der Waals surface area contributed by atoms with Crippen molar-refractivity contribution in [3.8, 4) is 5.75 Å². The lowest BCUT2D eigenvalue weighted by Gasteiger charge is -2.31. The third-order valence-electron chi connectivity index (χ3n) is 5.34. The second-order valence-corrected chi connectivity index (χ2v) is 10.1. The maximum Gasteiger partial charge on any atom is 0.407 e. The van der Waals surface area contributed by atoms with Crippen LogP contribution in [0.15, 0.2) is 30.3 Å². The first kappa shape index (κ1) is 22.8. The largest absolute Gasteiger partial charge is 0.484 e. The average molecular weight is 411 g/mol. The molecule has 1 aromatic carbocycles. The Morgan fingerprint density at radius 3 is 2.57 bits per heavy atom. The monoisotopic (exact) mass is 411 g/mol. The van der Waals surface area contributed by atoms with Crippen LogP contribution in [0.1, 0.15) is 58.3 Å². The first-order chi connectivity index (χ1) is 13.5. The van der Waals surface area contributed by atoms with Gasteiger partial charge in [-0.2, -0.15) is 0 Å². The van der Waals surface area contributed by atoms with Crippen LogP contribution in [0.3, 0.4) is 0 Å². The zero-order chi connectivity index (χ0) is 20.2. The molecule has 2 rings (SSSR count). The molecule has 1 fully saturated rings. The molecule has 1 atom stereocenters. The number of carbonyl (C=O) groups excluding carboxylic acids is 1. The summed E-state index contributed by atoms with van der Waals surface area (Å²) >= 11 is 0. The van der Waals surface area contributed by atoms with Gasteiger partial charge in [-0.1, -0.05) is 31.5 Å². The van der Waals surface area contributed by atoms with Crippen molar-refractivity contribution < 1.29 is 23.7 Å². The summed E-state index contributed by atoms with van der Waals surface area (Å²) in [6.45, 7) is 3.15. The molecule has 1 aliphatic rings. The molecule has 7 heteroatoms. The molecule has 1 saturated carbocycles. The van der Waals surface area contributed by atoms with Gasteiger partial charge in [0.15, 0.2) is 6.35 Å². The zero-order valence-electron chi connectivity index (χ0n) is 16.8. The molecular weight excluding hydrogens is 377 g/mol. The highest BCUT2D eigenvalue weighted by molar-refractivity contribution is 7.58. The Hall–Kier alpha value is -1.52. The van der Waals surface area contributed by atoms with Crippen molar-refractivity contribution in [3.05, 3.63) is 30.3 Å². The number of nitrogens with one attached hydrogen (secondary N) is 1. The third kappa shape index (κ3) is 8.24. The maximum absolute atomic E-state index is 12.7. The summed E-state index contributed by atoms with van der Waals surface area (Å²) < 4.78 is 23.2. The van der Waals surface area contributed by atoms with E-state index >= 15 is 0 Å². The summed E-state index contributed by atoms with van der Waals surface area (Å²) in [4.78, 5) is 21.9. The van der Waals surface area contributed by atoms with Gasteiger partial charge in [0, 0.05) is 12.2 Å². The molecule has 1 amide bonds. The predicted octanol–water partition coefficient (Wildman–Crippen LogP) is 5.16. The molecule has 0 aliphatic heterocycles. The molecule has 0 bridgehead atoms. The number of ether oxygens (including phenoxy) is 2. The van der Waals surface area contributed by atoms with Crippen LogP contribution in [0.5, 0.6) is 5.75 Å². The first-order valence-corrected chi connectivity index (χ1v) is 12.3. The van der Waals surface area contributed by atoms with E-state index in [0.717, 1.165) is 51.4 Å². The van der Waals surface area contributed by atoms with E-state index in [0.29, 0.717) is 24.8 Å². The van der Waals surface area contributed by atoms with E-state index in [-0.39, 0.29) is 18.1 Å². The molecule has 0 heterocycles. The number of alkyl carbamates (subject to hydrolysis) is 1. The van der Waals surface area contributed by atoms with Gasteiger partial charge in [0.1, 0.15) is 5.75 Å². The van der Waals surface area contributed by atoms with Gasteiger partial charge in [-0.15, -0.1) is 0 Å². The Balaban J connectivity index is 1.60. The van der Waals surface area contributed by atoms with Crippen molar-refractivity contribution in [1.29, 1.82) is 0 Å². The number of para-hydroxylation sites is 1. The summed E-state index contributed by atoms with van der Waals surface area (Å²) in [6, 6.07) is 9.18. The minimum absolute atomic E-state index is 0.115. The predicted molar refractivity (Wildman–Crippen MR) is 111 cm³/mol. The molecule has 0 unspecified atom stereocenters. The van der Waals surface area contributed by atoms with Crippen LogP contribution in [0, 0.1) is 5.92 Å². The third-order valence-corrected chi connectivity index (χ3v) is 7.49. The summed E-state index contributed by atoms with van der Waals surface area (Å²) in [5.74, 6) is 1.19. The highest BCUT2D eigenvalue weighted by Gasteiger charge is 2.35. The summed E-state index contributed by atoms with van der Waals surface area (Å²) in [6.07, 6.45) is 6.84. The Kier molecular flexibility index (Phi) is 9.86. The fourth-order valence-electron chi connectivity index (χ4n) is 3.57. The molecular formula is C21H34NO5P. The van der Waals surface area contributed by atoms with Crippen molar-refractivity contribution in [2.75, 3.05) is 19.5 Å². The SMILES string of the molecule is CCCCOC(=O)NCCCC1CCC([P@@](=O)(O)COc2ccccc2)CC1. The van der Waals surface area contributed by atoms with E-state index < -0.39 is 7.37 Å². The lowest BCUT2D eigenvalue weighted by atomic mass is 9.86. The van der Waals surface area contributed by atoms with Crippen LogP contribution in [0.4, 0.5) is 4.79 Å². The number of hydrogen-bond donors (Lipinski definition) is 2. The molecule has 6 nitrogen and oxygen atoms in total. The van der Waals surface area contributed by atoms with Crippen molar-refractivity contribution in [1.82, 2.24) is 5.32 Å². The molecule has 28 heavy (non-hydrogen) atoms. The number of unbranched alkanes of at least 4 members (excludes halogenated alkanes) is 1. The number of rotatable bonds is 11. The van der Waals surface area contributed by atoms with Crippen LogP contribution < -0.4 is 10.1 Å². The fraction of sp³-hybridized carbons (Fsp3) is 0.667. The summed E-state index contributed by atoms with van der Waals surface area (Å²) in [7, 11) is -3.31. The lowest BCUT2D eigenvalue weighted by molar-refractivity contribution is 0.144. The topological polar surface area (TPSA) is 84.9 Å². The van der Waals surface area contributed by atoms with E-state index in [1.807, 2.05) is 18.2 Å². The molecule has 158 valence electrons. The van der Waals surface area contributed by atoms with E-state index in [1.54, 1.807) is 12.1 Å². The van der Waals surface area contributed by atoms with Crippen LogP contribution >= 0.6 is 7.37 Å². The Morgan fingerprint density at radius 2 is 1.89 bits per heavy atom. The number of carbonyl (C=O) groups is 1. The zero-order valence-corrected chi connectivity index (χ0v) is 17.7. The average Bonchev–Trinajstić information content (AvgIpc) is 2.71. The number of amides is 1. The summed E-state index contributed by atoms with van der Waals surface area (Å²) in [5, 5.41) is 2.78. The standard InChI is InChI=1S/C21H34NO5P/c1-2-3-16-26-21(23)22-15-7-8-18-11-13-20(14-12-18)28(24,25)17-27-19-9-5-4-6-10-19/h4-6,9-10,18,20H,2-3,7-8,11-17H2,1H3,(H,22,23)(H,24,25). The van der Waals surface area contributed by atoms with Gasteiger partial charge >= 0.3 is 6.09 Å². The highest BCUT2D eigenvalue weighted by atomic mass is 31.2. The minimum atomic E-state index is -3.31. The number of benzene rings is 1. The molecule has 1 aromatic rings. The first-order valence-electron chi connectivity index (χ1n) is 10.4. The molecule has 0 radical (unpaired) electrons. The van der Waals surface area contributed by atoms with E-state index in [9.17, 15) is 14.3 Å². The quantitative estimate of drug-likeness (QED) is 0.388. The Bertz CT molecular complexity index is 616. The van der Waals surface area contributed by atoms with Gasteiger partial charge in [-0.25, -0.2) is 4.79 Å². The molecule has 0 aromatic heterocycles. The second kappa shape index (κ2) is 12.1. The van der Waals surface area contributed by atoms with E-state index in [4.69, 9.17) is 9.47 Å². The van der Waals surface area contributed by atoms with Crippen LogP contribution in [-0.2, 0) is 9.30 Å². The minimum Gasteiger partial charge on any atom is -0.484 e.